The van der Waals surface area contributed by atoms with E-state index in [0.29, 0.717) is 62.1 Å². The Kier molecular flexibility index (Phi) is 8.38. The average molecular weight is 528 g/mol. The number of carbonyl (C=O) groups excluding carboxylic acids is 3. The molecule has 0 atom stereocenters. The minimum absolute atomic E-state index is 0.272. The SMILES string of the molecule is CC(C)CNC(=O)N1CCCCC(=CNC(=O)N2CCN(c3cc(N)nc4cc(Cl)ccc34)CC2)C1=O. The number of amides is 5. The summed E-state index contributed by atoms with van der Waals surface area (Å²) < 4.78 is 0. The number of nitrogen functional groups attached to an aromatic ring is 1. The first-order chi connectivity index (χ1) is 17.7. The number of hydrogen-bond donors (Lipinski definition) is 3. The minimum atomic E-state index is -0.388. The molecule has 4 N–H and O–H groups in total. The number of rotatable bonds is 4. The molecule has 0 saturated carbocycles. The van der Waals surface area contributed by atoms with Crippen molar-refractivity contribution in [1.29, 1.82) is 0 Å². The standard InChI is InChI=1S/C26H34ClN7O3/c1-17(2)15-29-26(37)34-8-4-3-5-18(24(34)35)16-30-25(36)33-11-9-32(10-12-33)22-14-23(28)31-21-13-19(27)6-7-20(21)22/h6-7,13-14,16-17H,3-5,8-12,15H2,1-2H3,(H2,28,31)(H,29,37)(H,30,36). The van der Waals surface area contributed by atoms with Crippen LogP contribution < -0.4 is 21.3 Å². The molecular formula is C26H34ClN7O3. The van der Waals surface area contributed by atoms with Crippen LogP contribution in [0.25, 0.3) is 10.9 Å². The van der Waals surface area contributed by atoms with Crippen LogP contribution in [0.1, 0.15) is 33.1 Å². The van der Waals surface area contributed by atoms with Crippen LogP contribution in [0.2, 0.25) is 5.02 Å². The number of imide groups is 1. The van der Waals surface area contributed by atoms with Crippen molar-refractivity contribution in [2.45, 2.75) is 33.1 Å². The molecule has 10 nitrogen and oxygen atoms in total. The Morgan fingerprint density at radius 2 is 1.86 bits per heavy atom. The number of nitrogens with zero attached hydrogens (tertiary/aromatic N) is 4. The fourth-order valence-electron chi connectivity index (χ4n) is 4.54. The van der Waals surface area contributed by atoms with Crippen LogP contribution >= 0.6 is 11.6 Å². The van der Waals surface area contributed by atoms with Gasteiger partial charge in [0.05, 0.1) is 5.52 Å². The summed E-state index contributed by atoms with van der Waals surface area (Å²) in [5, 5.41) is 7.12. The number of piperazine rings is 1. The minimum Gasteiger partial charge on any atom is -0.384 e. The summed E-state index contributed by atoms with van der Waals surface area (Å²) in [7, 11) is 0. The van der Waals surface area contributed by atoms with Gasteiger partial charge in [-0.3, -0.25) is 9.69 Å². The van der Waals surface area contributed by atoms with Gasteiger partial charge in [0.2, 0.25) is 0 Å². The smallest absolute Gasteiger partial charge is 0.324 e. The zero-order valence-corrected chi connectivity index (χ0v) is 22.1. The number of nitrogens with one attached hydrogen (secondary N) is 2. The number of hydrogen-bond acceptors (Lipinski definition) is 6. The number of pyridine rings is 1. The first-order valence-corrected chi connectivity index (χ1v) is 13.1. The topological polar surface area (TPSA) is 124 Å². The number of urea groups is 2. The van der Waals surface area contributed by atoms with E-state index in [-0.39, 0.29) is 23.9 Å². The zero-order valence-electron chi connectivity index (χ0n) is 21.3. The largest absolute Gasteiger partial charge is 0.384 e. The normalized spacial score (nSPS) is 17.9. The summed E-state index contributed by atoms with van der Waals surface area (Å²) in [5.41, 5.74) is 8.15. The predicted molar refractivity (Wildman–Crippen MR) is 145 cm³/mol. The monoisotopic (exact) mass is 527 g/mol. The molecule has 0 aliphatic carbocycles. The maximum atomic E-state index is 13.0. The van der Waals surface area contributed by atoms with E-state index in [1.807, 2.05) is 32.0 Å². The van der Waals surface area contributed by atoms with E-state index in [2.05, 4.69) is 20.5 Å². The van der Waals surface area contributed by atoms with E-state index in [4.69, 9.17) is 17.3 Å². The van der Waals surface area contributed by atoms with Crippen molar-refractivity contribution >= 4 is 52.0 Å². The average Bonchev–Trinajstić information content (AvgIpc) is 3.06. The van der Waals surface area contributed by atoms with E-state index in [9.17, 15) is 14.4 Å². The molecule has 0 unspecified atom stereocenters. The van der Waals surface area contributed by atoms with E-state index in [1.54, 1.807) is 11.0 Å². The Hall–Kier alpha value is -3.53. The van der Waals surface area contributed by atoms with Gasteiger partial charge in [0.15, 0.2) is 0 Å². The van der Waals surface area contributed by atoms with Crippen molar-refractivity contribution in [1.82, 2.24) is 25.4 Å². The first kappa shape index (κ1) is 26.5. The fraction of sp³-hybridized carbons (Fsp3) is 0.462. The number of likely N-dealkylation sites (tertiary alicyclic amines) is 1. The van der Waals surface area contributed by atoms with Crippen LogP contribution in [0.5, 0.6) is 0 Å². The molecule has 2 fully saturated rings. The Labute approximate surface area is 221 Å². The lowest BCUT2D eigenvalue weighted by Gasteiger charge is -2.36. The van der Waals surface area contributed by atoms with Gasteiger partial charge in [-0.2, -0.15) is 0 Å². The molecule has 1 aromatic carbocycles. The summed E-state index contributed by atoms with van der Waals surface area (Å²) in [6, 6.07) is 6.73. The molecule has 11 heteroatoms. The second-order valence-electron chi connectivity index (χ2n) is 9.81. The van der Waals surface area contributed by atoms with Crippen LogP contribution in [0.4, 0.5) is 21.1 Å². The summed E-state index contributed by atoms with van der Waals surface area (Å²) in [6.07, 6.45) is 3.48. The van der Waals surface area contributed by atoms with Gasteiger partial charge in [0.1, 0.15) is 5.82 Å². The van der Waals surface area contributed by atoms with Gasteiger partial charge in [-0.05, 0) is 43.4 Å². The molecule has 198 valence electrons. The molecule has 4 rings (SSSR count). The maximum Gasteiger partial charge on any atom is 0.324 e. The van der Waals surface area contributed by atoms with Crippen LogP contribution in [0.15, 0.2) is 36.0 Å². The van der Waals surface area contributed by atoms with E-state index < -0.39 is 0 Å². The van der Waals surface area contributed by atoms with Crippen molar-refractivity contribution in [3.63, 3.8) is 0 Å². The number of fused-ring (bicyclic) bond motifs is 1. The number of halogens is 1. The second-order valence-corrected chi connectivity index (χ2v) is 10.3. The van der Waals surface area contributed by atoms with Crippen molar-refractivity contribution < 1.29 is 14.4 Å². The molecule has 1 aromatic heterocycles. The molecule has 0 spiro atoms. The van der Waals surface area contributed by atoms with Crippen molar-refractivity contribution in [3.8, 4) is 0 Å². The third-order valence-corrected chi connectivity index (χ3v) is 6.79. The number of anilines is 2. The van der Waals surface area contributed by atoms with Crippen molar-refractivity contribution in [2.75, 3.05) is 49.9 Å². The van der Waals surface area contributed by atoms with Gasteiger partial charge >= 0.3 is 12.1 Å². The van der Waals surface area contributed by atoms with E-state index in [0.717, 1.165) is 29.4 Å². The van der Waals surface area contributed by atoms with E-state index >= 15 is 0 Å². The van der Waals surface area contributed by atoms with Crippen LogP contribution in [-0.2, 0) is 4.79 Å². The first-order valence-electron chi connectivity index (χ1n) is 12.7. The van der Waals surface area contributed by atoms with Crippen LogP contribution in [0, 0.1) is 5.92 Å². The van der Waals surface area contributed by atoms with Gasteiger partial charge in [-0.1, -0.05) is 25.4 Å². The highest BCUT2D eigenvalue weighted by molar-refractivity contribution is 6.31. The number of benzene rings is 1. The zero-order chi connectivity index (χ0) is 26.5. The molecule has 0 radical (unpaired) electrons. The molecule has 0 bridgehead atoms. The van der Waals surface area contributed by atoms with Crippen molar-refractivity contribution in [2.24, 2.45) is 5.92 Å². The summed E-state index contributed by atoms with van der Waals surface area (Å²) in [5.74, 6) is 0.344. The van der Waals surface area contributed by atoms with Gasteiger partial charge < -0.3 is 26.2 Å². The molecule has 3 heterocycles. The predicted octanol–water partition coefficient (Wildman–Crippen LogP) is 3.56. The number of aromatic nitrogens is 1. The second kappa shape index (κ2) is 11.7. The molecule has 2 aromatic rings. The van der Waals surface area contributed by atoms with Gasteiger partial charge in [-0.15, -0.1) is 0 Å². The molecule has 5 amide bonds. The van der Waals surface area contributed by atoms with E-state index in [1.165, 1.54) is 11.1 Å². The molecule has 2 saturated heterocycles. The lowest BCUT2D eigenvalue weighted by atomic mass is 10.1. The molecule has 2 aliphatic rings. The van der Waals surface area contributed by atoms with Crippen molar-refractivity contribution in [3.05, 3.63) is 41.1 Å². The Morgan fingerprint density at radius 3 is 2.59 bits per heavy atom. The highest BCUT2D eigenvalue weighted by Crippen LogP contribution is 2.30. The maximum absolute atomic E-state index is 13.0. The third-order valence-electron chi connectivity index (χ3n) is 6.55. The van der Waals surface area contributed by atoms with Crippen LogP contribution in [0.3, 0.4) is 0 Å². The lowest BCUT2D eigenvalue weighted by Crippen LogP contribution is -2.51. The summed E-state index contributed by atoms with van der Waals surface area (Å²) in [6.45, 7) is 7.11. The number of carbonyl (C=O) groups is 3. The summed E-state index contributed by atoms with van der Waals surface area (Å²) >= 11 is 6.12. The number of nitrogens with two attached hydrogens (primary N) is 1. The highest BCUT2D eigenvalue weighted by Gasteiger charge is 2.28. The van der Waals surface area contributed by atoms with Gasteiger partial charge in [-0.25, -0.2) is 14.6 Å². The Bertz CT molecular complexity index is 1200. The quantitative estimate of drug-likeness (QED) is 0.522. The van der Waals surface area contributed by atoms with Gasteiger partial charge in [0.25, 0.3) is 5.91 Å². The highest BCUT2D eigenvalue weighted by atomic mass is 35.5. The Balaban J connectivity index is 1.37. The van der Waals surface area contributed by atoms with Gasteiger partial charge in [0, 0.05) is 73.2 Å². The molecular weight excluding hydrogens is 494 g/mol. The fourth-order valence-corrected chi connectivity index (χ4v) is 4.70. The Morgan fingerprint density at radius 1 is 1.11 bits per heavy atom. The lowest BCUT2D eigenvalue weighted by molar-refractivity contribution is -0.124. The molecule has 37 heavy (non-hydrogen) atoms. The molecule has 2 aliphatic heterocycles. The summed E-state index contributed by atoms with van der Waals surface area (Å²) in [4.78, 5) is 47.9. The van der Waals surface area contributed by atoms with Crippen LogP contribution in [-0.4, -0.2) is 72.0 Å². The third kappa shape index (κ3) is 6.43.